The molecule has 0 radical (unpaired) electrons. The summed E-state index contributed by atoms with van der Waals surface area (Å²) in [7, 11) is -4.13. The summed E-state index contributed by atoms with van der Waals surface area (Å²) >= 11 is 0. The fraction of sp³-hybridized carbons (Fsp3) is 0. The molecule has 0 fully saturated rings. The lowest BCUT2D eigenvalue weighted by Crippen LogP contribution is -2.12. The molecule has 0 atom stereocenters. The predicted octanol–water partition coefficient (Wildman–Crippen LogP) is 3.48. The number of nitrogens with zero attached hydrogens (tertiary/aromatic N) is 1. The number of hydrogen-bond acceptors (Lipinski definition) is 3. The smallest absolute Gasteiger partial charge is 0.238 e. The third kappa shape index (κ3) is 3.70. The maximum Gasteiger partial charge on any atom is 0.238 e. The molecule has 1 heterocycles. The van der Waals surface area contributed by atoms with Crippen LogP contribution in [0.5, 0.6) is 0 Å². The number of benzene rings is 2. The van der Waals surface area contributed by atoms with Crippen molar-refractivity contribution in [3.8, 4) is 22.4 Å². The Bertz CT molecular complexity index is 1050. The lowest BCUT2D eigenvalue weighted by molar-refractivity contribution is 0.584. The normalized spacial score (nSPS) is 11.5. The van der Waals surface area contributed by atoms with Crippen molar-refractivity contribution in [2.45, 2.75) is 4.90 Å². The quantitative estimate of drug-likeness (QED) is 0.773. The summed E-state index contributed by atoms with van der Waals surface area (Å²) in [6, 6.07) is 9.01. The Morgan fingerprint density at radius 2 is 1.44 bits per heavy atom. The van der Waals surface area contributed by atoms with E-state index in [1.54, 1.807) is 6.07 Å². The minimum Gasteiger partial charge on any atom is -0.256 e. The third-order valence-electron chi connectivity index (χ3n) is 3.45. The summed E-state index contributed by atoms with van der Waals surface area (Å²) in [6.45, 7) is 0. The van der Waals surface area contributed by atoms with Crippen molar-refractivity contribution in [3.63, 3.8) is 0 Å². The SMILES string of the molecule is NS(=O)(=O)c1cc(F)cc(-c2ncccc2-c2cc(F)cc(F)c2)c1. The number of aromatic nitrogens is 1. The van der Waals surface area contributed by atoms with Crippen molar-refractivity contribution < 1.29 is 21.6 Å². The molecule has 0 saturated carbocycles. The molecule has 8 heteroatoms. The molecule has 0 aliphatic carbocycles. The van der Waals surface area contributed by atoms with Crippen molar-refractivity contribution >= 4 is 10.0 Å². The van der Waals surface area contributed by atoms with Crippen LogP contribution in [0.25, 0.3) is 22.4 Å². The van der Waals surface area contributed by atoms with Crippen LogP contribution in [0.15, 0.2) is 59.6 Å². The van der Waals surface area contributed by atoms with E-state index in [0.717, 1.165) is 36.4 Å². The molecule has 1 aromatic heterocycles. The molecule has 0 saturated heterocycles. The van der Waals surface area contributed by atoms with Gasteiger partial charge >= 0.3 is 0 Å². The predicted molar refractivity (Wildman–Crippen MR) is 86.4 cm³/mol. The van der Waals surface area contributed by atoms with E-state index in [1.807, 2.05) is 0 Å². The van der Waals surface area contributed by atoms with Crippen LogP contribution in [0.4, 0.5) is 13.2 Å². The zero-order valence-electron chi connectivity index (χ0n) is 12.6. The summed E-state index contributed by atoms with van der Waals surface area (Å²) in [5.41, 5.74) is 0.773. The van der Waals surface area contributed by atoms with E-state index in [-0.39, 0.29) is 16.8 Å². The van der Waals surface area contributed by atoms with Gasteiger partial charge in [0.2, 0.25) is 10.0 Å². The van der Waals surface area contributed by atoms with Crippen molar-refractivity contribution in [2.75, 3.05) is 0 Å². The molecule has 2 aromatic carbocycles. The monoisotopic (exact) mass is 364 g/mol. The molecule has 25 heavy (non-hydrogen) atoms. The molecular weight excluding hydrogens is 353 g/mol. The Kier molecular flexibility index (Phi) is 4.32. The average molecular weight is 364 g/mol. The highest BCUT2D eigenvalue weighted by molar-refractivity contribution is 7.89. The van der Waals surface area contributed by atoms with Gasteiger partial charge in [0.1, 0.15) is 17.5 Å². The fourth-order valence-corrected chi connectivity index (χ4v) is 3.01. The van der Waals surface area contributed by atoms with Crippen LogP contribution in [0.1, 0.15) is 0 Å². The van der Waals surface area contributed by atoms with Crippen molar-refractivity contribution in [3.05, 3.63) is 72.2 Å². The maximum absolute atomic E-state index is 13.8. The van der Waals surface area contributed by atoms with Crippen molar-refractivity contribution in [1.82, 2.24) is 4.98 Å². The second-order valence-electron chi connectivity index (χ2n) is 5.28. The molecule has 0 bridgehead atoms. The second kappa shape index (κ2) is 6.30. The maximum atomic E-state index is 13.8. The summed E-state index contributed by atoms with van der Waals surface area (Å²) < 4.78 is 63.9. The lowest BCUT2D eigenvalue weighted by Gasteiger charge is -2.11. The van der Waals surface area contributed by atoms with Gasteiger partial charge < -0.3 is 0 Å². The molecule has 128 valence electrons. The van der Waals surface area contributed by atoms with E-state index in [1.165, 1.54) is 12.3 Å². The van der Waals surface area contributed by atoms with Gasteiger partial charge in [-0.3, -0.25) is 4.98 Å². The molecule has 0 unspecified atom stereocenters. The summed E-state index contributed by atoms with van der Waals surface area (Å²) in [6.07, 6.45) is 1.40. The Hall–Kier alpha value is -2.71. The number of hydrogen-bond donors (Lipinski definition) is 1. The van der Waals surface area contributed by atoms with Crippen LogP contribution in [0.3, 0.4) is 0 Å². The molecule has 0 aliphatic heterocycles. The zero-order chi connectivity index (χ0) is 18.2. The van der Waals surface area contributed by atoms with Crippen LogP contribution >= 0.6 is 0 Å². The number of primary sulfonamides is 1. The highest BCUT2D eigenvalue weighted by Crippen LogP contribution is 2.32. The van der Waals surface area contributed by atoms with Crippen LogP contribution in [-0.4, -0.2) is 13.4 Å². The number of halogens is 3. The standard InChI is InChI=1S/C17H11F3N2O2S/c18-12-4-10(5-13(19)8-12)16-2-1-3-22-17(16)11-6-14(20)9-15(7-11)25(21,23)24/h1-9H,(H2,21,23,24). The van der Waals surface area contributed by atoms with E-state index in [9.17, 15) is 21.6 Å². The lowest BCUT2D eigenvalue weighted by atomic mass is 9.99. The first-order valence-electron chi connectivity index (χ1n) is 6.99. The largest absolute Gasteiger partial charge is 0.256 e. The number of pyridine rings is 1. The number of nitrogens with two attached hydrogens (primary N) is 1. The Balaban J connectivity index is 2.25. The summed E-state index contributed by atoms with van der Waals surface area (Å²) in [5.74, 6) is -2.40. The van der Waals surface area contributed by atoms with Crippen LogP contribution < -0.4 is 5.14 Å². The van der Waals surface area contributed by atoms with Gasteiger partial charge in [-0.05, 0) is 42.0 Å². The zero-order valence-corrected chi connectivity index (χ0v) is 13.4. The molecule has 0 aliphatic rings. The van der Waals surface area contributed by atoms with Crippen LogP contribution in [0, 0.1) is 17.5 Å². The van der Waals surface area contributed by atoms with E-state index in [2.05, 4.69) is 4.98 Å². The van der Waals surface area contributed by atoms with E-state index >= 15 is 0 Å². The van der Waals surface area contributed by atoms with Gasteiger partial charge in [0.15, 0.2) is 0 Å². The fourth-order valence-electron chi connectivity index (χ4n) is 2.44. The molecule has 0 amide bonds. The van der Waals surface area contributed by atoms with Gasteiger partial charge in [-0.2, -0.15) is 0 Å². The van der Waals surface area contributed by atoms with Crippen molar-refractivity contribution in [1.29, 1.82) is 0 Å². The molecule has 3 aromatic rings. The van der Waals surface area contributed by atoms with Crippen molar-refractivity contribution in [2.24, 2.45) is 5.14 Å². The molecule has 2 N–H and O–H groups in total. The number of rotatable bonds is 3. The first-order valence-corrected chi connectivity index (χ1v) is 8.54. The minimum atomic E-state index is -4.13. The topological polar surface area (TPSA) is 73.1 Å². The summed E-state index contributed by atoms with van der Waals surface area (Å²) in [4.78, 5) is 3.68. The van der Waals surface area contributed by atoms with Gasteiger partial charge in [-0.25, -0.2) is 26.7 Å². The van der Waals surface area contributed by atoms with Gasteiger partial charge in [-0.1, -0.05) is 6.07 Å². The Morgan fingerprint density at radius 1 is 0.840 bits per heavy atom. The molecule has 0 spiro atoms. The van der Waals surface area contributed by atoms with Gasteiger partial charge in [0.05, 0.1) is 10.6 Å². The van der Waals surface area contributed by atoms with E-state index < -0.39 is 32.4 Å². The van der Waals surface area contributed by atoms with Gasteiger partial charge in [-0.15, -0.1) is 0 Å². The average Bonchev–Trinajstić information content (AvgIpc) is 2.52. The molecule has 4 nitrogen and oxygen atoms in total. The Morgan fingerprint density at radius 3 is 2.08 bits per heavy atom. The van der Waals surface area contributed by atoms with E-state index in [4.69, 9.17) is 5.14 Å². The van der Waals surface area contributed by atoms with Crippen LogP contribution in [-0.2, 0) is 10.0 Å². The van der Waals surface area contributed by atoms with Gasteiger partial charge in [0, 0.05) is 23.4 Å². The first kappa shape index (κ1) is 17.1. The minimum absolute atomic E-state index is 0.115. The highest BCUT2D eigenvalue weighted by atomic mass is 32.2. The Labute approximate surface area is 141 Å². The number of sulfonamides is 1. The van der Waals surface area contributed by atoms with Crippen LogP contribution in [0.2, 0.25) is 0 Å². The second-order valence-corrected chi connectivity index (χ2v) is 6.84. The summed E-state index contributed by atoms with van der Waals surface area (Å²) in [5, 5.41) is 5.05. The highest BCUT2D eigenvalue weighted by Gasteiger charge is 2.16. The first-order chi connectivity index (χ1) is 11.7. The van der Waals surface area contributed by atoms with Gasteiger partial charge in [0.25, 0.3) is 0 Å². The molecular formula is C17H11F3N2O2S. The third-order valence-corrected chi connectivity index (χ3v) is 4.35. The van der Waals surface area contributed by atoms with E-state index in [0.29, 0.717) is 5.56 Å². The molecule has 3 rings (SSSR count).